The molecule has 0 spiro atoms. The van der Waals surface area contributed by atoms with Crippen LogP contribution >= 0.6 is 0 Å². The third kappa shape index (κ3) is 3.78. The van der Waals surface area contributed by atoms with E-state index in [1.807, 2.05) is 0 Å². The van der Waals surface area contributed by atoms with E-state index in [1.54, 1.807) is 6.07 Å². The molecule has 0 amide bonds. The van der Waals surface area contributed by atoms with Crippen molar-refractivity contribution in [2.45, 2.75) is 57.4 Å². The predicted molar refractivity (Wildman–Crippen MR) is 114 cm³/mol. The number of aryl methyl sites for hydroxylation is 1. The van der Waals surface area contributed by atoms with Gasteiger partial charge in [0.25, 0.3) is 5.56 Å². The molecule has 2 aliphatic heterocycles. The number of aliphatic hydroxyl groups is 1. The molecule has 0 saturated carbocycles. The minimum Gasteiger partial charge on any atom is -0.385 e. The van der Waals surface area contributed by atoms with Crippen molar-refractivity contribution in [2.75, 3.05) is 19.6 Å². The minimum absolute atomic E-state index is 0.0355. The number of fused-ring (bicyclic) bond motifs is 2. The number of halogens is 1. The molecule has 2 aromatic heterocycles. The maximum absolute atomic E-state index is 13.6. The standard InChI is InChI=1S/C23H27FN4O3/c1-14-17(23(30)28-9-2-3-19(29)22(28)25-14)8-12-27-10-6-15(7-11-27)21-18-5-4-16(24)13-20(18)31-26-21/h4-5,13,15,19,29H,2-3,6-12H2,1H3/i2D2,3D2,8D2,9D2,12D2. The van der Waals surface area contributed by atoms with E-state index in [-0.39, 0.29) is 34.9 Å². The Morgan fingerprint density at radius 1 is 1.39 bits per heavy atom. The third-order valence-corrected chi connectivity index (χ3v) is 5.59. The van der Waals surface area contributed by atoms with Gasteiger partial charge in [0, 0.05) is 55.3 Å². The summed E-state index contributed by atoms with van der Waals surface area (Å²) in [6.45, 7) is -5.00. The van der Waals surface area contributed by atoms with Crippen molar-refractivity contribution in [3.63, 3.8) is 0 Å². The van der Waals surface area contributed by atoms with Crippen molar-refractivity contribution in [1.82, 2.24) is 19.6 Å². The van der Waals surface area contributed by atoms with Gasteiger partial charge in [-0.3, -0.25) is 9.36 Å². The van der Waals surface area contributed by atoms with Crippen LogP contribution < -0.4 is 5.56 Å². The van der Waals surface area contributed by atoms with Crippen molar-refractivity contribution in [3.8, 4) is 0 Å². The maximum atomic E-state index is 13.6. The smallest absolute Gasteiger partial charge is 0.257 e. The Labute approximate surface area is 193 Å². The summed E-state index contributed by atoms with van der Waals surface area (Å²) in [5.41, 5.74) is -1.87. The van der Waals surface area contributed by atoms with Gasteiger partial charge in [-0.1, -0.05) is 5.16 Å². The lowest BCUT2D eigenvalue weighted by atomic mass is 9.91. The van der Waals surface area contributed by atoms with Gasteiger partial charge in [0.15, 0.2) is 5.58 Å². The Morgan fingerprint density at radius 2 is 2.19 bits per heavy atom. The fourth-order valence-corrected chi connectivity index (χ4v) is 3.93. The third-order valence-electron chi connectivity index (χ3n) is 5.59. The van der Waals surface area contributed by atoms with Crippen LogP contribution in [0.1, 0.15) is 74.1 Å². The second-order valence-corrected chi connectivity index (χ2v) is 7.56. The average Bonchev–Trinajstić information content (AvgIpc) is 3.29. The van der Waals surface area contributed by atoms with Crippen molar-refractivity contribution in [1.29, 1.82) is 0 Å². The normalized spacial score (nSPS) is 30.9. The van der Waals surface area contributed by atoms with Crippen LogP contribution in [-0.2, 0) is 12.9 Å². The molecule has 0 aliphatic carbocycles. The van der Waals surface area contributed by atoms with Crippen LogP contribution in [0.15, 0.2) is 27.5 Å². The molecule has 0 radical (unpaired) electrons. The van der Waals surface area contributed by atoms with Gasteiger partial charge in [-0.25, -0.2) is 9.37 Å². The number of aliphatic hydroxyl groups excluding tert-OH is 1. The fraction of sp³-hybridized carbons (Fsp3) is 0.522. The number of likely N-dealkylation sites (tertiary alicyclic amines) is 1. The molecule has 3 aromatic rings. The van der Waals surface area contributed by atoms with Crippen LogP contribution in [0, 0.1) is 12.7 Å². The summed E-state index contributed by atoms with van der Waals surface area (Å²) in [5.74, 6) is -1.49. The maximum Gasteiger partial charge on any atom is 0.257 e. The Bertz CT molecular complexity index is 1580. The number of benzene rings is 1. The van der Waals surface area contributed by atoms with Gasteiger partial charge in [0.1, 0.15) is 17.7 Å². The molecule has 4 heterocycles. The van der Waals surface area contributed by atoms with E-state index in [4.69, 9.17) is 18.2 Å². The number of hydrogen-bond donors (Lipinski definition) is 1. The second kappa shape index (κ2) is 8.16. The van der Waals surface area contributed by atoms with E-state index in [0.29, 0.717) is 23.9 Å². The highest BCUT2D eigenvalue weighted by Crippen LogP contribution is 2.32. The zero-order valence-corrected chi connectivity index (χ0v) is 16.6. The first-order chi connectivity index (χ1) is 18.8. The molecular formula is C23H27FN4O3. The van der Waals surface area contributed by atoms with E-state index >= 15 is 0 Å². The molecule has 1 fully saturated rings. The molecule has 1 N–H and O–H groups in total. The zero-order valence-electron chi connectivity index (χ0n) is 26.6. The molecule has 8 heteroatoms. The fourth-order valence-electron chi connectivity index (χ4n) is 3.93. The summed E-state index contributed by atoms with van der Waals surface area (Å²) in [4.78, 5) is 18.8. The van der Waals surface area contributed by atoms with E-state index in [0.717, 1.165) is 6.92 Å². The molecule has 5 rings (SSSR count). The Morgan fingerprint density at radius 3 is 3.00 bits per heavy atom. The van der Waals surface area contributed by atoms with Gasteiger partial charge in [0.2, 0.25) is 0 Å². The molecule has 31 heavy (non-hydrogen) atoms. The van der Waals surface area contributed by atoms with E-state index < -0.39 is 61.0 Å². The van der Waals surface area contributed by atoms with Crippen molar-refractivity contribution in [2.24, 2.45) is 0 Å². The summed E-state index contributed by atoms with van der Waals surface area (Å²) in [6.07, 6.45) is -11.4. The highest BCUT2D eigenvalue weighted by molar-refractivity contribution is 5.79. The number of aromatic nitrogens is 3. The molecule has 1 atom stereocenters. The predicted octanol–water partition coefficient (Wildman–Crippen LogP) is 3.08. The van der Waals surface area contributed by atoms with E-state index in [1.165, 1.54) is 17.0 Å². The molecule has 1 unspecified atom stereocenters. The van der Waals surface area contributed by atoms with Gasteiger partial charge in [-0.2, -0.15) is 0 Å². The topological polar surface area (TPSA) is 84.4 Å². The van der Waals surface area contributed by atoms with Gasteiger partial charge in [-0.15, -0.1) is 0 Å². The van der Waals surface area contributed by atoms with Crippen molar-refractivity contribution < 1.29 is 27.7 Å². The Balaban J connectivity index is 1.49. The summed E-state index contributed by atoms with van der Waals surface area (Å²) in [6, 6.07) is 4.03. The Kier molecular flexibility index (Phi) is 3.13. The van der Waals surface area contributed by atoms with Crippen LogP contribution in [0.2, 0.25) is 0 Å². The van der Waals surface area contributed by atoms with Crippen molar-refractivity contribution >= 4 is 11.0 Å². The monoisotopic (exact) mass is 436 g/mol. The van der Waals surface area contributed by atoms with E-state index in [9.17, 15) is 14.3 Å². The number of hydrogen-bond acceptors (Lipinski definition) is 6. The molecule has 7 nitrogen and oxygen atoms in total. The summed E-state index contributed by atoms with van der Waals surface area (Å²) in [7, 11) is 0. The first kappa shape index (κ1) is 11.9. The minimum atomic E-state index is -3.44. The molecule has 1 aromatic carbocycles. The largest absolute Gasteiger partial charge is 0.385 e. The summed E-state index contributed by atoms with van der Waals surface area (Å²) >= 11 is 0. The SMILES string of the molecule is [2H]C([2H])(c1c(C)nc2n(c1=O)C([2H])([2H])C([2H])([2H])C([2H])([2H])C2O)C([2H])([2H])N1CCC(c2noc3cc(F)ccc23)CC1. The van der Waals surface area contributed by atoms with E-state index in [2.05, 4.69) is 10.1 Å². The lowest BCUT2D eigenvalue weighted by Gasteiger charge is -2.31. The van der Waals surface area contributed by atoms with Crippen LogP contribution in [0.3, 0.4) is 0 Å². The molecule has 1 saturated heterocycles. The van der Waals surface area contributed by atoms with Gasteiger partial charge in [0.05, 0.1) is 5.69 Å². The zero-order chi connectivity index (χ0) is 30.5. The lowest BCUT2D eigenvalue weighted by molar-refractivity contribution is 0.129. The molecule has 164 valence electrons. The first-order valence-corrected chi connectivity index (χ1v) is 9.91. The van der Waals surface area contributed by atoms with Crippen LogP contribution in [0.4, 0.5) is 4.39 Å². The van der Waals surface area contributed by atoms with Gasteiger partial charge in [-0.05, 0) is 64.1 Å². The van der Waals surface area contributed by atoms with Crippen LogP contribution in [0.25, 0.3) is 11.0 Å². The number of nitrogens with zero attached hydrogens (tertiary/aromatic N) is 4. The van der Waals surface area contributed by atoms with Crippen LogP contribution in [0.5, 0.6) is 0 Å². The summed E-state index contributed by atoms with van der Waals surface area (Å²) in [5, 5.41) is 15.2. The highest BCUT2D eigenvalue weighted by atomic mass is 19.1. The number of piperidine rings is 1. The first-order valence-electron chi connectivity index (χ1n) is 14.9. The van der Waals surface area contributed by atoms with Crippen molar-refractivity contribution in [3.05, 3.63) is 57.1 Å². The van der Waals surface area contributed by atoms with Gasteiger partial charge >= 0.3 is 0 Å². The highest BCUT2D eigenvalue weighted by Gasteiger charge is 2.26. The number of rotatable bonds is 4. The quantitative estimate of drug-likeness (QED) is 0.677. The molecular weight excluding hydrogens is 399 g/mol. The van der Waals surface area contributed by atoms with Gasteiger partial charge < -0.3 is 14.5 Å². The lowest BCUT2D eigenvalue weighted by Crippen LogP contribution is -2.37. The van der Waals surface area contributed by atoms with Crippen LogP contribution in [-0.4, -0.2) is 44.3 Å². The summed E-state index contributed by atoms with van der Waals surface area (Å²) < 4.78 is 103. The average molecular weight is 437 g/mol. The molecule has 0 bridgehead atoms. The Hall–Kier alpha value is -2.58. The second-order valence-electron chi connectivity index (χ2n) is 7.56. The molecule has 2 aliphatic rings.